The van der Waals surface area contributed by atoms with Gasteiger partial charge in [-0.2, -0.15) is 0 Å². The summed E-state index contributed by atoms with van der Waals surface area (Å²) in [4.78, 5) is 38.5. The Balaban J connectivity index is 1.67. The lowest BCUT2D eigenvalue weighted by Gasteiger charge is -2.19. The van der Waals surface area contributed by atoms with Crippen LogP contribution in [0.3, 0.4) is 0 Å². The van der Waals surface area contributed by atoms with E-state index in [9.17, 15) is 14.4 Å². The molecule has 1 aliphatic carbocycles. The predicted molar refractivity (Wildman–Crippen MR) is 97.2 cm³/mol. The maximum atomic E-state index is 12.0. The standard InChI is InChI=1S/C17H26N4O3S/c1-2-21(11-15(22)18-10-14-8-5-9-25-14)12-16(23)20-17(24)19-13-6-3-4-7-13/h5,8-9,13H,2-4,6-7,10-12H2,1H3,(H,18,22)(H2,19,20,23,24). The zero-order valence-electron chi connectivity index (χ0n) is 14.5. The molecule has 25 heavy (non-hydrogen) atoms. The van der Waals surface area contributed by atoms with Crippen LogP contribution in [0.5, 0.6) is 0 Å². The van der Waals surface area contributed by atoms with Gasteiger partial charge in [-0.3, -0.25) is 19.8 Å². The van der Waals surface area contributed by atoms with E-state index in [0.717, 1.165) is 30.6 Å². The molecular weight excluding hydrogens is 340 g/mol. The first kappa shape index (κ1) is 19.4. The molecule has 2 rings (SSSR count). The summed E-state index contributed by atoms with van der Waals surface area (Å²) >= 11 is 1.58. The van der Waals surface area contributed by atoms with Crippen LogP contribution in [0, 0.1) is 0 Å². The van der Waals surface area contributed by atoms with Gasteiger partial charge in [0, 0.05) is 10.9 Å². The number of imide groups is 1. The normalized spacial score (nSPS) is 14.5. The Hall–Kier alpha value is -1.93. The van der Waals surface area contributed by atoms with Gasteiger partial charge in [-0.25, -0.2) is 4.79 Å². The molecule has 1 fully saturated rings. The number of hydrogen-bond acceptors (Lipinski definition) is 5. The predicted octanol–water partition coefficient (Wildman–Crippen LogP) is 1.45. The first-order valence-electron chi connectivity index (χ1n) is 8.68. The van der Waals surface area contributed by atoms with Gasteiger partial charge in [-0.15, -0.1) is 11.3 Å². The van der Waals surface area contributed by atoms with Crippen molar-refractivity contribution in [1.82, 2.24) is 20.9 Å². The van der Waals surface area contributed by atoms with Gasteiger partial charge in [-0.1, -0.05) is 25.8 Å². The minimum atomic E-state index is -0.449. The van der Waals surface area contributed by atoms with Gasteiger partial charge in [0.25, 0.3) is 0 Å². The van der Waals surface area contributed by atoms with E-state index in [-0.39, 0.29) is 25.0 Å². The zero-order valence-corrected chi connectivity index (χ0v) is 15.4. The van der Waals surface area contributed by atoms with Crippen molar-refractivity contribution in [3.63, 3.8) is 0 Å². The fourth-order valence-corrected chi connectivity index (χ4v) is 3.44. The van der Waals surface area contributed by atoms with E-state index in [1.54, 1.807) is 16.2 Å². The van der Waals surface area contributed by atoms with Crippen molar-refractivity contribution in [3.8, 4) is 0 Å². The third-order valence-electron chi connectivity index (χ3n) is 4.16. The van der Waals surface area contributed by atoms with Crippen LogP contribution in [-0.2, 0) is 16.1 Å². The third kappa shape index (κ3) is 7.23. The molecule has 0 unspecified atom stereocenters. The van der Waals surface area contributed by atoms with Crippen molar-refractivity contribution in [3.05, 3.63) is 22.4 Å². The highest BCUT2D eigenvalue weighted by Gasteiger charge is 2.19. The summed E-state index contributed by atoms with van der Waals surface area (Å²) in [6.45, 7) is 3.05. The number of nitrogens with zero attached hydrogens (tertiary/aromatic N) is 1. The summed E-state index contributed by atoms with van der Waals surface area (Å²) in [5.41, 5.74) is 0. The lowest BCUT2D eigenvalue weighted by molar-refractivity contribution is -0.124. The van der Waals surface area contributed by atoms with Gasteiger partial charge in [0.2, 0.25) is 11.8 Å². The molecule has 8 heteroatoms. The zero-order chi connectivity index (χ0) is 18.1. The second kappa shape index (κ2) is 10.1. The van der Waals surface area contributed by atoms with Crippen LogP contribution >= 0.6 is 11.3 Å². The topological polar surface area (TPSA) is 90.5 Å². The molecule has 0 aliphatic heterocycles. The van der Waals surface area contributed by atoms with E-state index in [2.05, 4.69) is 16.0 Å². The van der Waals surface area contributed by atoms with Crippen molar-refractivity contribution in [2.24, 2.45) is 0 Å². The van der Waals surface area contributed by atoms with E-state index >= 15 is 0 Å². The Morgan fingerprint density at radius 3 is 2.56 bits per heavy atom. The minimum absolute atomic E-state index is 0.0149. The molecule has 1 saturated carbocycles. The molecule has 0 aromatic carbocycles. The highest BCUT2D eigenvalue weighted by Crippen LogP contribution is 2.17. The Kier molecular flexibility index (Phi) is 7.87. The van der Waals surface area contributed by atoms with Crippen molar-refractivity contribution in [1.29, 1.82) is 0 Å². The molecule has 1 aromatic rings. The van der Waals surface area contributed by atoms with Crippen molar-refractivity contribution >= 4 is 29.2 Å². The number of urea groups is 1. The lowest BCUT2D eigenvalue weighted by atomic mass is 10.2. The molecule has 0 bridgehead atoms. The molecule has 1 aliphatic rings. The molecule has 138 valence electrons. The molecule has 1 heterocycles. The average Bonchev–Trinajstić information content (AvgIpc) is 3.25. The Bertz CT molecular complexity index is 570. The van der Waals surface area contributed by atoms with Gasteiger partial charge in [0.05, 0.1) is 19.6 Å². The van der Waals surface area contributed by atoms with Crippen LogP contribution in [0.25, 0.3) is 0 Å². The molecule has 0 atom stereocenters. The number of rotatable bonds is 8. The summed E-state index contributed by atoms with van der Waals surface area (Å²) in [5, 5.41) is 9.94. The smallest absolute Gasteiger partial charge is 0.321 e. The van der Waals surface area contributed by atoms with E-state index in [4.69, 9.17) is 0 Å². The second-order valence-electron chi connectivity index (χ2n) is 6.16. The third-order valence-corrected chi connectivity index (χ3v) is 5.04. The van der Waals surface area contributed by atoms with Gasteiger partial charge < -0.3 is 10.6 Å². The average molecular weight is 366 g/mol. The van der Waals surface area contributed by atoms with E-state index in [0.29, 0.717) is 13.1 Å². The summed E-state index contributed by atoms with van der Waals surface area (Å²) in [6.07, 6.45) is 4.16. The van der Waals surface area contributed by atoms with E-state index in [1.165, 1.54) is 0 Å². The van der Waals surface area contributed by atoms with Crippen molar-refractivity contribution < 1.29 is 14.4 Å². The van der Waals surface area contributed by atoms with Gasteiger partial charge in [-0.05, 0) is 30.8 Å². The van der Waals surface area contributed by atoms with Crippen LogP contribution in [0.15, 0.2) is 17.5 Å². The van der Waals surface area contributed by atoms with Crippen LogP contribution in [-0.4, -0.2) is 48.4 Å². The first-order chi connectivity index (χ1) is 12.1. The maximum Gasteiger partial charge on any atom is 0.321 e. The number of hydrogen-bond donors (Lipinski definition) is 3. The summed E-state index contributed by atoms with van der Waals surface area (Å²) in [5.74, 6) is -0.540. The number of carbonyl (C=O) groups excluding carboxylic acids is 3. The summed E-state index contributed by atoms with van der Waals surface area (Å²) in [6, 6.07) is 3.61. The maximum absolute atomic E-state index is 12.0. The molecule has 1 aromatic heterocycles. The lowest BCUT2D eigenvalue weighted by Crippen LogP contribution is -2.48. The number of likely N-dealkylation sites (N-methyl/N-ethyl adjacent to an activating group) is 1. The van der Waals surface area contributed by atoms with E-state index < -0.39 is 11.9 Å². The fourth-order valence-electron chi connectivity index (χ4n) is 2.80. The Labute approximate surface area is 152 Å². The minimum Gasteiger partial charge on any atom is -0.350 e. The van der Waals surface area contributed by atoms with Crippen LogP contribution < -0.4 is 16.0 Å². The number of nitrogens with one attached hydrogen (secondary N) is 3. The monoisotopic (exact) mass is 366 g/mol. The SMILES string of the molecule is CCN(CC(=O)NCc1cccs1)CC(=O)NC(=O)NC1CCCC1. The summed E-state index contributed by atoms with van der Waals surface area (Å²) in [7, 11) is 0. The van der Waals surface area contributed by atoms with Gasteiger partial charge in [0.1, 0.15) is 0 Å². The molecular formula is C17H26N4O3S. The number of carbonyl (C=O) groups is 3. The molecule has 0 saturated heterocycles. The first-order valence-corrected chi connectivity index (χ1v) is 9.56. The van der Waals surface area contributed by atoms with Gasteiger partial charge >= 0.3 is 6.03 Å². The second-order valence-corrected chi connectivity index (χ2v) is 7.19. The van der Waals surface area contributed by atoms with Crippen LogP contribution in [0.4, 0.5) is 4.79 Å². The van der Waals surface area contributed by atoms with Crippen molar-refractivity contribution in [2.75, 3.05) is 19.6 Å². The van der Waals surface area contributed by atoms with Crippen molar-refractivity contribution in [2.45, 2.75) is 45.2 Å². The summed E-state index contributed by atoms with van der Waals surface area (Å²) < 4.78 is 0. The number of amides is 4. The van der Waals surface area contributed by atoms with Crippen LogP contribution in [0.1, 0.15) is 37.5 Å². The molecule has 3 N–H and O–H groups in total. The molecule has 0 spiro atoms. The van der Waals surface area contributed by atoms with Gasteiger partial charge in [0.15, 0.2) is 0 Å². The Morgan fingerprint density at radius 1 is 1.20 bits per heavy atom. The highest BCUT2D eigenvalue weighted by atomic mass is 32.1. The molecule has 4 amide bonds. The molecule has 0 radical (unpaired) electrons. The highest BCUT2D eigenvalue weighted by molar-refractivity contribution is 7.09. The number of thiophene rings is 1. The Morgan fingerprint density at radius 2 is 1.92 bits per heavy atom. The largest absolute Gasteiger partial charge is 0.350 e. The van der Waals surface area contributed by atoms with E-state index in [1.807, 2.05) is 24.4 Å². The van der Waals surface area contributed by atoms with Crippen LogP contribution in [0.2, 0.25) is 0 Å². The quantitative estimate of drug-likeness (QED) is 0.650. The fraction of sp³-hybridized carbons (Fsp3) is 0.588. The molecule has 7 nitrogen and oxygen atoms in total.